The maximum atomic E-state index is 12.1. The molecule has 0 saturated carbocycles. The summed E-state index contributed by atoms with van der Waals surface area (Å²) in [6.45, 7) is 6.04. The lowest BCUT2D eigenvalue weighted by atomic mass is 10.1. The normalized spacial score (nSPS) is 14.5. The van der Waals surface area contributed by atoms with Crippen LogP contribution in [0.25, 0.3) is 0 Å². The van der Waals surface area contributed by atoms with Gasteiger partial charge in [0.1, 0.15) is 5.82 Å². The Bertz CT molecular complexity index is 661. The van der Waals surface area contributed by atoms with Gasteiger partial charge in [0, 0.05) is 32.6 Å². The van der Waals surface area contributed by atoms with Crippen molar-refractivity contribution in [1.82, 2.24) is 10.3 Å². The topological polar surface area (TPSA) is 57.3 Å². The second kappa shape index (κ2) is 7.93. The van der Waals surface area contributed by atoms with Crippen LogP contribution in [0.5, 0.6) is 0 Å². The summed E-state index contributed by atoms with van der Waals surface area (Å²) in [5.74, 6) is 0.612. The maximum Gasteiger partial charge on any atom is 0.225 e. The van der Waals surface area contributed by atoms with Gasteiger partial charge in [-0.1, -0.05) is 29.8 Å². The number of nitrogens with zero attached hydrogens (tertiary/aromatic N) is 2. The first-order chi connectivity index (χ1) is 11.7. The largest absolute Gasteiger partial charge is 0.368 e. The lowest BCUT2D eigenvalue weighted by Gasteiger charge is -2.29. The number of aromatic nitrogens is 1. The van der Waals surface area contributed by atoms with E-state index in [2.05, 4.69) is 51.7 Å². The van der Waals surface area contributed by atoms with E-state index >= 15 is 0 Å². The number of carbonyl (C=O) groups excluding carboxylic acids is 1. The third kappa shape index (κ3) is 4.55. The summed E-state index contributed by atoms with van der Waals surface area (Å²) >= 11 is 0. The van der Waals surface area contributed by atoms with Crippen molar-refractivity contribution < 1.29 is 4.79 Å². The van der Waals surface area contributed by atoms with Crippen molar-refractivity contribution in [1.29, 1.82) is 0 Å². The maximum absolute atomic E-state index is 12.1. The number of nitrogens with one attached hydrogen (secondary N) is 2. The Morgan fingerprint density at radius 1 is 1.17 bits per heavy atom. The van der Waals surface area contributed by atoms with E-state index in [1.54, 1.807) is 0 Å². The third-order valence-electron chi connectivity index (χ3n) is 4.26. The molecule has 0 bridgehead atoms. The number of anilines is 2. The van der Waals surface area contributed by atoms with E-state index < -0.39 is 0 Å². The molecule has 0 aliphatic carbocycles. The molecule has 0 unspecified atom stereocenters. The number of hydrogen-bond donors (Lipinski definition) is 2. The van der Waals surface area contributed by atoms with Gasteiger partial charge in [-0.3, -0.25) is 4.79 Å². The Morgan fingerprint density at radius 3 is 2.58 bits per heavy atom. The van der Waals surface area contributed by atoms with E-state index in [0.717, 1.165) is 38.3 Å². The lowest BCUT2D eigenvalue weighted by molar-refractivity contribution is -0.116. The van der Waals surface area contributed by atoms with E-state index in [1.165, 1.54) is 11.1 Å². The van der Waals surface area contributed by atoms with Gasteiger partial charge in [0.2, 0.25) is 5.91 Å². The molecule has 0 spiro atoms. The highest BCUT2D eigenvalue weighted by Crippen LogP contribution is 2.16. The van der Waals surface area contributed by atoms with E-state index in [1.807, 2.05) is 18.3 Å². The number of benzene rings is 1. The zero-order valence-corrected chi connectivity index (χ0v) is 14.1. The van der Waals surface area contributed by atoms with Gasteiger partial charge in [0.25, 0.3) is 0 Å². The Kier molecular flexibility index (Phi) is 5.43. The molecular formula is C19H24N4O. The van der Waals surface area contributed by atoms with Crippen LogP contribution in [-0.2, 0) is 11.2 Å². The first-order valence-corrected chi connectivity index (χ1v) is 8.48. The van der Waals surface area contributed by atoms with Crippen molar-refractivity contribution in [2.24, 2.45) is 0 Å². The van der Waals surface area contributed by atoms with Gasteiger partial charge in [-0.05, 0) is 31.0 Å². The highest BCUT2D eigenvalue weighted by molar-refractivity contribution is 5.89. The first-order valence-electron chi connectivity index (χ1n) is 8.48. The fourth-order valence-electron chi connectivity index (χ4n) is 2.79. The molecule has 126 valence electrons. The Labute approximate surface area is 143 Å². The summed E-state index contributed by atoms with van der Waals surface area (Å²) < 4.78 is 0. The number of amides is 1. The molecule has 1 aromatic heterocycles. The highest BCUT2D eigenvalue weighted by Gasteiger charge is 2.11. The number of carbonyl (C=O) groups is 1. The molecule has 3 rings (SSSR count). The van der Waals surface area contributed by atoms with Crippen LogP contribution in [0, 0.1) is 6.92 Å². The molecular weight excluding hydrogens is 300 g/mol. The monoisotopic (exact) mass is 324 g/mol. The number of hydrogen-bond acceptors (Lipinski definition) is 4. The van der Waals surface area contributed by atoms with Crippen LogP contribution in [0.15, 0.2) is 42.6 Å². The van der Waals surface area contributed by atoms with Gasteiger partial charge in [-0.2, -0.15) is 0 Å². The average Bonchev–Trinajstić information content (AvgIpc) is 2.63. The van der Waals surface area contributed by atoms with Gasteiger partial charge in [-0.15, -0.1) is 0 Å². The molecule has 1 aromatic carbocycles. The zero-order valence-electron chi connectivity index (χ0n) is 14.1. The van der Waals surface area contributed by atoms with Gasteiger partial charge in [0.15, 0.2) is 0 Å². The number of rotatable bonds is 5. The molecule has 1 aliphatic heterocycles. The smallest absolute Gasteiger partial charge is 0.225 e. The molecule has 1 amide bonds. The molecule has 1 fully saturated rings. The Morgan fingerprint density at radius 2 is 1.92 bits per heavy atom. The van der Waals surface area contributed by atoms with Crippen LogP contribution < -0.4 is 15.5 Å². The van der Waals surface area contributed by atoms with Gasteiger partial charge >= 0.3 is 0 Å². The first kappa shape index (κ1) is 16.5. The van der Waals surface area contributed by atoms with Gasteiger partial charge < -0.3 is 15.5 Å². The summed E-state index contributed by atoms with van der Waals surface area (Å²) in [5.41, 5.74) is 3.52. The number of pyridine rings is 1. The molecule has 1 saturated heterocycles. The van der Waals surface area contributed by atoms with Crippen molar-refractivity contribution in [3.05, 3.63) is 53.7 Å². The summed E-state index contributed by atoms with van der Waals surface area (Å²) in [6, 6.07) is 12.2. The Balaban J connectivity index is 1.49. The number of aryl methyl sites for hydroxylation is 2. The van der Waals surface area contributed by atoms with Crippen LogP contribution in [0.1, 0.15) is 17.5 Å². The van der Waals surface area contributed by atoms with Gasteiger partial charge in [0.05, 0.1) is 11.9 Å². The Hall–Kier alpha value is -2.40. The van der Waals surface area contributed by atoms with Crippen LogP contribution in [0.3, 0.4) is 0 Å². The second-order valence-electron chi connectivity index (χ2n) is 6.17. The predicted molar refractivity (Wildman–Crippen MR) is 97.4 cm³/mol. The van der Waals surface area contributed by atoms with Crippen LogP contribution in [-0.4, -0.2) is 37.1 Å². The van der Waals surface area contributed by atoms with Crippen molar-refractivity contribution in [3.8, 4) is 0 Å². The van der Waals surface area contributed by atoms with E-state index in [0.29, 0.717) is 12.2 Å². The molecule has 0 radical (unpaired) electrons. The standard InChI is InChI=1S/C19H24N4O/c1-15-2-4-16(5-3-15)6-9-19(24)22-18-8-7-17(14-21-18)23-12-10-20-11-13-23/h2-5,7-8,14,20H,6,9-13H2,1H3,(H,21,22,24). The number of piperazine rings is 1. The zero-order chi connectivity index (χ0) is 16.8. The molecule has 2 N–H and O–H groups in total. The van der Waals surface area contributed by atoms with E-state index in [4.69, 9.17) is 0 Å². The molecule has 24 heavy (non-hydrogen) atoms. The molecule has 0 atom stereocenters. The molecule has 1 aliphatic rings. The SMILES string of the molecule is Cc1ccc(CCC(=O)Nc2ccc(N3CCNCC3)cn2)cc1. The van der Waals surface area contributed by atoms with Crippen LogP contribution >= 0.6 is 0 Å². The third-order valence-corrected chi connectivity index (χ3v) is 4.26. The fourth-order valence-corrected chi connectivity index (χ4v) is 2.79. The van der Waals surface area contributed by atoms with Crippen molar-refractivity contribution in [2.45, 2.75) is 19.8 Å². The predicted octanol–water partition coefficient (Wildman–Crippen LogP) is 2.37. The summed E-state index contributed by atoms with van der Waals surface area (Å²) in [7, 11) is 0. The van der Waals surface area contributed by atoms with Crippen molar-refractivity contribution in [3.63, 3.8) is 0 Å². The van der Waals surface area contributed by atoms with Crippen LogP contribution in [0.4, 0.5) is 11.5 Å². The van der Waals surface area contributed by atoms with Gasteiger partial charge in [-0.25, -0.2) is 4.98 Å². The highest BCUT2D eigenvalue weighted by atomic mass is 16.1. The average molecular weight is 324 g/mol. The quantitative estimate of drug-likeness (QED) is 0.886. The summed E-state index contributed by atoms with van der Waals surface area (Å²) in [6.07, 6.45) is 3.04. The fraction of sp³-hybridized carbons (Fsp3) is 0.368. The summed E-state index contributed by atoms with van der Waals surface area (Å²) in [5, 5.41) is 6.21. The van der Waals surface area contributed by atoms with Crippen LogP contribution in [0.2, 0.25) is 0 Å². The van der Waals surface area contributed by atoms with Crippen molar-refractivity contribution >= 4 is 17.4 Å². The minimum absolute atomic E-state index is 0.00185. The van der Waals surface area contributed by atoms with Crippen molar-refractivity contribution in [2.75, 3.05) is 36.4 Å². The van der Waals surface area contributed by atoms with E-state index in [-0.39, 0.29) is 5.91 Å². The minimum atomic E-state index is -0.00185. The molecule has 5 heteroatoms. The van der Waals surface area contributed by atoms with E-state index in [9.17, 15) is 4.79 Å². The minimum Gasteiger partial charge on any atom is -0.368 e. The molecule has 2 heterocycles. The second-order valence-corrected chi connectivity index (χ2v) is 6.17. The molecule has 5 nitrogen and oxygen atoms in total. The summed E-state index contributed by atoms with van der Waals surface area (Å²) in [4.78, 5) is 18.7. The molecule has 2 aromatic rings. The lowest BCUT2D eigenvalue weighted by Crippen LogP contribution is -2.43.